The molecule has 2 amide bonds. The van der Waals surface area contributed by atoms with E-state index in [2.05, 4.69) is 27.1 Å². The standard InChI is InChI=1S/C16H19N3OS/c20-16(18-8-5-13-3-1-7-17-11-13)19-9-2-4-15(19)14-6-10-21-12-14/h1,3,6-7,10-12,15H,2,4-5,8-9H2,(H,18,20)/t15-/m1/s1. The highest BCUT2D eigenvalue weighted by atomic mass is 32.1. The van der Waals surface area contributed by atoms with E-state index in [-0.39, 0.29) is 12.1 Å². The maximum atomic E-state index is 12.3. The van der Waals surface area contributed by atoms with Crippen LogP contribution in [0.2, 0.25) is 0 Å². The first kappa shape index (κ1) is 14.1. The van der Waals surface area contributed by atoms with E-state index >= 15 is 0 Å². The van der Waals surface area contributed by atoms with Gasteiger partial charge >= 0.3 is 6.03 Å². The number of nitrogens with one attached hydrogen (secondary N) is 1. The van der Waals surface area contributed by atoms with Crippen LogP contribution in [0.4, 0.5) is 4.79 Å². The van der Waals surface area contributed by atoms with Crippen LogP contribution in [0.25, 0.3) is 0 Å². The lowest BCUT2D eigenvalue weighted by molar-refractivity contribution is 0.193. The Hall–Kier alpha value is -1.88. The molecule has 0 aromatic carbocycles. The van der Waals surface area contributed by atoms with Gasteiger partial charge in [0.2, 0.25) is 0 Å². The first-order valence-electron chi connectivity index (χ1n) is 7.30. The maximum absolute atomic E-state index is 12.3. The van der Waals surface area contributed by atoms with Gasteiger partial charge in [0.25, 0.3) is 0 Å². The van der Waals surface area contributed by atoms with Crippen molar-refractivity contribution in [2.24, 2.45) is 0 Å². The molecule has 21 heavy (non-hydrogen) atoms. The molecule has 4 nitrogen and oxygen atoms in total. The van der Waals surface area contributed by atoms with Crippen molar-refractivity contribution in [3.63, 3.8) is 0 Å². The monoisotopic (exact) mass is 301 g/mol. The predicted octanol–water partition coefficient (Wildman–Crippen LogP) is 3.23. The van der Waals surface area contributed by atoms with Crippen molar-refractivity contribution >= 4 is 17.4 Å². The highest BCUT2D eigenvalue weighted by molar-refractivity contribution is 7.07. The van der Waals surface area contributed by atoms with E-state index in [4.69, 9.17) is 0 Å². The summed E-state index contributed by atoms with van der Waals surface area (Å²) in [7, 11) is 0. The smallest absolute Gasteiger partial charge is 0.317 e. The fourth-order valence-corrected chi connectivity index (χ4v) is 3.49. The zero-order chi connectivity index (χ0) is 14.5. The molecule has 2 aromatic heterocycles. The molecule has 0 saturated carbocycles. The number of thiophene rings is 1. The molecule has 0 aliphatic carbocycles. The lowest BCUT2D eigenvalue weighted by Gasteiger charge is -2.24. The number of hydrogen-bond acceptors (Lipinski definition) is 3. The highest BCUT2D eigenvalue weighted by Gasteiger charge is 2.29. The molecule has 1 aliphatic rings. The maximum Gasteiger partial charge on any atom is 0.317 e. The summed E-state index contributed by atoms with van der Waals surface area (Å²) in [5, 5.41) is 7.25. The Morgan fingerprint density at radius 1 is 1.48 bits per heavy atom. The highest BCUT2D eigenvalue weighted by Crippen LogP contribution is 2.32. The van der Waals surface area contributed by atoms with Crippen LogP contribution in [0, 0.1) is 0 Å². The Kier molecular flexibility index (Phi) is 4.50. The van der Waals surface area contributed by atoms with Crippen molar-refractivity contribution in [3.05, 3.63) is 52.5 Å². The Labute approximate surface area is 128 Å². The van der Waals surface area contributed by atoms with E-state index in [1.54, 1.807) is 17.5 Å². The van der Waals surface area contributed by atoms with E-state index in [9.17, 15) is 4.79 Å². The first-order valence-corrected chi connectivity index (χ1v) is 8.24. The lowest BCUT2D eigenvalue weighted by Crippen LogP contribution is -2.40. The summed E-state index contributed by atoms with van der Waals surface area (Å²) < 4.78 is 0. The van der Waals surface area contributed by atoms with Crippen molar-refractivity contribution < 1.29 is 4.79 Å². The molecular formula is C16H19N3OS. The van der Waals surface area contributed by atoms with Crippen LogP contribution in [0.15, 0.2) is 41.4 Å². The second-order valence-electron chi connectivity index (χ2n) is 5.25. The third-order valence-electron chi connectivity index (χ3n) is 3.85. The second-order valence-corrected chi connectivity index (χ2v) is 6.03. The van der Waals surface area contributed by atoms with Crippen molar-refractivity contribution in [2.45, 2.75) is 25.3 Å². The molecule has 1 fully saturated rings. The molecule has 0 unspecified atom stereocenters. The van der Waals surface area contributed by atoms with Gasteiger partial charge in [-0.1, -0.05) is 6.07 Å². The zero-order valence-corrected chi connectivity index (χ0v) is 12.7. The Morgan fingerprint density at radius 3 is 3.19 bits per heavy atom. The van der Waals surface area contributed by atoms with Crippen molar-refractivity contribution in [2.75, 3.05) is 13.1 Å². The summed E-state index contributed by atoms with van der Waals surface area (Å²) >= 11 is 1.69. The lowest BCUT2D eigenvalue weighted by atomic mass is 10.1. The molecule has 1 atom stereocenters. The van der Waals surface area contributed by atoms with Crippen LogP contribution in [-0.4, -0.2) is 29.0 Å². The fourth-order valence-electron chi connectivity index (χ4n) is 2.78. The topological polar surface area (TPSA) is 45.2 Å². The van der Waals surface area contributed by atoms with Crippen molar-refractivity contribution in [3.8, 4) is 0 Å². The summed E-state index contributed by atoms with van der Waals surface area (Å²) in [6, 6.07) is 6.37. The SMILES string of the molecule is O=C(NCCc1cccnc1)N1CCC[C@@H]1c1ccsc1. The quantitative estimate of drug-likeness (QED) is 0.942. The normalized spacial score (nSPS) is 17.9. The molecule has 0 spiro atoms. The number of amides is 2. The molecule has 3 rings (SSSR count). The molecule has 3 heterocycles. The van der Waals surface area contributed by atoms with E-state index in [1.807, 2.05) is 23.2 Å². The Balaban J connectivity index is 1.53. The minimum absolute atomic E-state index is 0.0487. The minimum atomic E-state index is 0.0487. The van der Waals surface area contributed by atoms with Gasteiger partial charge in [-0.2, -0.15) is 11.3 Å². The van der Waals surface area contributed by atoms with Gasteiger partial charge in [0, 0.05) is 25.5 Å². The number of aromatic nitrogens is 1. The van der Waals surface area contributed by atoms with Gasteiger partial charge in [-0.3, -0.25) is 4.98 Å². The minimum Gasteiger partial charge on any atom is -0.338 e. The molecule has 1 saturated heterocycles. The molecule has 5 heteroatoms. The first-order chi connectivity index (χ1) is 10.3. The summed E-state index contributed by atoms with van der Waals surface area (Å²) in [5.74, 6) is 0. The summed E-state index contributed by atoms with van der Waals surface area (Å²) in [5.41, 5.74) is 2.41. The molecular weight excluding hydrogens is 282 g/mol. The number of carbonyl (C=O) groups excluding carboxylic acids is 1. The van der Waals surface area contributed by atoms with Gasteiger partial charge in [-0.25, -0.2) is 4.79 Å². The van der Waals surface area contributed by atoms with E-state index in [0.717, 1.165) is 31.4 Å². The number of hydrogen-bond donors (Lipinski definition) is 1. The van der Waals surface area contributed by atoms with Gasteiger partial charge in [0.05, 0.1) is 6.04 Å². The average molecular weight is 301 g/mol. The van der Waals surface area contributed by atoms with E-state index in [0.29, 0.717) is 6.54 Å². The average Bonchev–Trinajstić information content (AvgIpc) is 3.19. The third-order valence-corrected chi connectivity index (χ3v) is 4.56. The molecule has 2 aromatic rings. The number of carbonyl (C=O) groups is 1. The van der Waals surface area contributed by atoms with Crippen LogP contribution >= 0.6 is 11.3 Å². The molecule has 110 valence electrons. The van der Waals surface area contributed by atoms with Gasteiger partial charge in [0.1, 0.15) is 0 Å². The molecule has 0 bridgehead atoms. The number of nitrogens with zero attached hydrogens (tertiary/aromatic N) is 2. The number of pyridine rings is 1. The number of urea groups is 1. The third kappa shape index (κ3) is 3.42. The van der Waals surface area contributed by atoms with E-state index < -0.39 is 0 Å². The zero-order valence-electron chi connectivity index (χ0n) is 11.9. The Bertz CT molecular complexity index is 570. The number of rotatable bonds is 4. The molecule has 1 aliphatic heterocycles. The van der Waals surface area contributed by atoms with Crippen LogP contribution < -0.4 is 5.32 Å². The summed E-state index contributed by atoms with van der Waals surface area (Å²) in [6.45, 7) is 1.50. The van der Waals surface area contributed by atoms with Crippen molar-refractivity contribution in [1.82, 2.24) is 15.2 Å². The van der Waals surface area contributed by atoms with Crippen molar-refractivity contribution in [1.29, 1.82) is 0 Å². The van der Waals surface area contributed by atoms with E-state index in [1.165, 1.54) is 5.56 Å². The van der Waals surface area contributed by atoms with Gasteiger partial charge in [0.15, 0.2) is 0 Å². The Morgan fingerprint density at radius 2 is 2.43 bits per heavy atom. The molecule has 0 radical (unpaired) electrons. The van der Waals surface area contributed by atoms with Crippen LogP contribution in [0.5, 0.6) is 0 Å². The van der Waals surface area contributed by atoms with Gasteiger partial charge < -0.3 is 10.2 Å². The van der Waals surface area contributed by atoms with Gasteiger partial charge in [-0.15, -0.1) is 0 Å². The predicted molar refractivity (Wildman–Crippen MR) is 84.3 cm³/mol. The van der Waals surface area contributed by atoms with Crippen LogP contribution in [0.3, 0.4) is 0 Å². The van der Waals surface area contributed by atoms with Crippen LogP contribution in [0.1, 0.15) is 30.0 Å². The molecule has 1 N–H and O–H groups in total. The summed E-state index contributed by atoms with van der Waals surface area (Å²) in [6.07, 6.45) is 6.56. The van der Waals surface area contributed by atoms with Gasteiger partial charge in [-0.05, 0) is 53.3 Å². The fraction of sp³-hybridized carbons (Fsp3) is 0.375. The summed E-state index contributed by atoms with van der Waals surface area (Å²) in [4.78, 5) is 18.4. The second kappa shape index (κ2) is 6.72. The largest absolute Gasteiger partial charge is 0.338 e. The number of likely N-dealkylation sites (tertiary alicyclic amines) is 1. The van der Waals surface area contributed by atoms with Crippen LogP contribution in [-0.2, 0) is 6.42 Å².